The van der Waals surface area contributed by atoms with Crippen LogP contribution in [-0.2, 0) is 4.79 Å². The molecular formula is C25H27N3O. The number of nitrogens with one attached hydrogen (secondary N) is 2. The maximum Gasteiger partial charge on any atom is 0.246 e. The minimum absolute atomic E-state index is 0.0583. The highest BCUT2D eigenvalue weighted by Gasteiger charge is 2.16. The Morgan fingerprint density at radius 1 is 0.862 bits per heavy atom. The molecular weight excluding hydrogens is 358 g/mol. The largest absolute Gasteiger partial charge is 0.374 e. The van der Waals surface area contributed by atoms with Gasteiger partial charge in [-0.2, -0.15) is 0 Å². The highest BCUT2D eigenvalue weighted by molar-refractivity contribution is 5.99. The molecule has 0 radical (unpaired) electrons. The van der Waals surface area contributed by atoms with Crippen LogP contribution in [0.2, 0.25) is 0 Å². The molecule has 3 aromatic rings. The van der Waals surface area contributed by atoms with Crippen molar-refractivity contribution in [3.05, 3.63) is 78.9 Å². The summed E-state index contributed by atoms with van der Waals surface area (Å²) in [7, 11) is 0. The normalized spacial score (nSPS) is 14.4. The van der Waals surface area contributed by atoms with E-state index in [-0.39, 0.29) is 11.9 Å². The lowest BCUT2D eigenvalue weighted by atomic mass is 10.0. The van der Waals surface area contributed by atoms with Crippen LogP contribution in [0.25, 0.3) is 11.1 Å². The Hall–Kier alpha value is -3.27. The number of rotatable bonds is 6. The molecule has 148 valence electrons. The number of carbonyl (C=O) groups is 1. The van der Waals surface area contributed by atoms with Crippen molar-refractivity contribution >= 4 is 23.0 Å². The number of carbonyl (C=O) groups excluding carboxylic acids is 1. The van der Waals surface area contributed by atoms with Gasteiger partial charge in [-0.05, 0) is 55.7 Å². The second-order valence-electron chi connectivity index (χ2n) is 7.51. The maximum atomic E-state index is 12.8. The third kappa shape index (κ3) is 4.60. The summed E-state index contributed by atoms with van der Waals surface area (Å²) in [5.41, 5.74) is 5.13. The van der Waals surface area contributed by atoms with Crippen LogP contribution in [0.3, 0.4) is 0 Å². The van der Waals surface area contributed by atoms with Crippen molar-refractivity contribution in [2.75, 3.05) is 28.6 Å². The first-order valence-electron chi connectivity index (χ1n) is 10.3. The molecule has 4 nitrogen and oxygen atoms in total. The van der Waals surface area contributed by atoms with Crippen molar-refractivity contribution in [3.63, 3.8) is 0 Å². The maximum absolute atomic E-state index is 12.8. The molecule has 29 heavy (non-hydrogen) atoms. The van der Waals surface area contributed by atoms with Gasteiger partial charge in [-0.15, -0.1) is 0 Å². The first-order chi connectivity index (χ1) is 14.2. The Balaban J connectivity index is 1.41. The summed E-state index contributed by atoms with van der Waals surface area (Å²) in [6, 6.07) is 26.0. The lowest BCUT2D eigenvalue weighted by Gasteiger charge is -2.20. The van der Waals surface area contributed by atoms with E-state index in [0.717, 1.165) is 35.6 Å². The summed E-state index contributed by atoms with van der Waals surface area (Å²) in [6.07, 6.45) is 2.53. The number of anilines is 3. The third-order valence-electron chi connectivity index (χ3n) is 5.38. The second-order valence-corrected chi connectivity index (χ2v) is 7.51. The second kappa shape index (κ2) is 8.82. The molecule has 1 amide bonds. The minimum atomic E-state index is -0.350. The van der Waals surface area contributed by atoms with Crippen LogP contribution < -0.4 is 15.5 Å². The fraction of sp³-hybridized carbons (Fsp3) is 0.240. The Morgan fingerprint density at radius 2 is 1.52 bits per heavy atom. The van der Waals surface area contributed by atoms with Crippen LogP contribution >= 0.6 is 0 Å². The molecule has 1 aliphatic heterocycles. The van der Waals surface area contributed by atoms with Gasteiger partial charge in [0.1, 0.15) is 6.04 Å². The predicted octanol–water partition coefficient (Wildman–Crippen LogP) is 5.39. The van der Waals surface area contributed by atoms with Gasteiger partial charge in [0.2, 0.25) is 5.91 Å². The van der Waals surface area contributed by atoms with Crippen LogP contribution in [0.15, 0.2) is 78.9 Å². The standard InChI is InChI=1S/C25H27N3O/c1-19(26-21-13-15-22(16-14-21)28-17-7-8-18-28)25(29)27-24-12-6-5-11-23(24)20-9-3-2-4-10-20/h2-6,9-16,19,26H,7-8,17-18H2,1H3,(H,27,29)/t19-/m0/s1. The predicted molar refractivity (Wildman–Crippen MR) is 121 cm³/mol. The van der Waals surface area contributed by atoms with Crippen LogP contribution in [0.4, 0.5) is 17.1 Å². The SMILES string of the molecule is C[C@H](Nc1ccc(N2CCCC2)cc1)C(=O)Nc1ccccc1-c1ccccc1. The van der Waals surface area contributed by atoms with Crippen LogP contribution in [0.5, 0.6) is 0 Å². The van der Waals surface area contributed by atoms with E-state index in [2.05, 4.69) is 51.9 Å². The minimum Gasteiger partial charge on any atom is -0.374 e. The number of nitrogens with zero attached hydrogens (tertiary/aromatic N) is 1. The van der Waals surface area contributed by atoms with E-state index < -0.39 is 0 Å². The number of para-hydroxylation sites is 1. The molecule has 4 rings (SSSR count). The topological polar surface area (TPSA) is 44.4 Å². The van der Waals surface area contributed by atoms with Gasteiger partial charge in [0, 0.05) is 35.7 Å². The van der Waals surface area contributed by atoms with E-state index in [0.29, 0.717) is 0 Å². The van der Waals surface area contributed by atoms with Crippen molar-refractivity contribution in [1.29, 1.82) is 0 Å². The van der Waals surface area contributed by atoms with Gasteiger partial charge in [0.25, 0.3) is 0 Å². The average Bonchev–Trinajstić information content (AvgIpc) is 3.30. The van der Waals surface area contributed by atoms with Gasteiger partial charge in [-0.3, -0.25) is 4.79 Å². The van der Waals surface area contributed by atoms with Crippen molar-refractivity contribution in [2.45, 2.75) is 25.8 Å². The van der Waals surface area contributed by atoms with E-state index >= 15 is 0 Å². The van der Waals surface area contributed by atoms with Crippen molar-refractivity contribution in [3.8, 4) is 11.1 Å². The Bertz CT molecular complexity index is 947. The van der Waals surface area contributed by atoms with E-state index in [1.165, 1.54) is 18.5 Å². The highest BCUT2D eigenvalue weighted by atomic mass is 16.2. The molecule has 2 N–H and O–H groups in total. The molecule has 1 fully saturated rings. The van der Waals surface area contributed by atoms with Crippen LogP contribution in [-0.4, -0.2) is 25.0 Å². The zero-order chi connectivity index (χ0) is 20.1. The summed E-state index contributed by atoms with van der Waals surface area (Å²) in [5.74, 6) is -0.0583. The molecule has 1 aliphatic rings. The van der Waals surface area contributed by atoms with E-state index in [4.69, 9.17) is 0 Å². The van der Waals surface area contributed by atoms with Gasteiger partial charge in [-0.25, -0.2) is 0 Å². The zero-order valence-electron chi connectivity index (χ0n) is 16.8. The van der Waals surface area contributed by atoms with Gasteiger partial charge in [0.15, 0.2) is 0 Å². The van der Waals surface area contributed by atoms with E-state index in [1.807, 2.05) is 49.4 Å². The molecule has 0 unspecified atom stereocenters. The third-order valence-corrected chi connectivity index (χ3v) is 5.38. The molecule has 3 aromatic carbocycles. The summed E-state index contributed by atoms with van der Waals surface area (Å²) < 4.78 is 0. The zero-order valence-corrected chi connectivity index (χ0v) is 16.8. The average molecular weight is 386 g/mol. The molecule has 0 spiro atoms. The monoisotopic (exact) mass is 385 g/mol. The summed E-state index contributed by atoms with van der Waals surface area (Å²) in [6.45, 7) is 4.15. The fourth-order valence-corrected chi connectivity index (χ4v) is 3.76. The number of amides is 1. The molecule has 1 saturated heterocycles. The lowest BCUT2D eigenvalue weighted by molar-refractivity contribution is -0.116. The lowest BCUT2D eigenvalue weighted by Crippen LogP contribution is -2.32. The number of hydrogen-bond acceptors (Lipinski definition) is 3. The van der Waals surface area contributed by atoms with Crippen LogP contribution in [0, 0.1) is 0 Å². The van der Waals surface area contributed by atoms with Gasteiger partial charge >= 0.3 is 0 Å². The summed E-state index contributed by atoms with van der Waals surface area (Å²) in [4.78, 5) is 15.2. The van der Waals surface area contributed by atoms with E-state index in [1.54, 1.807) is 0 Å². The molecule has 0 aliphatic carbocycles. The van der Waals surface area contributed by atoms with Crippen molar-refractivity contribution in [1.82, 2.24) is 0 Å². The molecule has 4 heteroatoms. The molecule has 0 bridgehead atoms. The summed E-state index contributed by atoms with van der Waals surface area (Å²) >= 11 is 0. The smallest absolute Gasteiger partial charge is 0.246 e. The Labute approximate surface area is 172 Å². The Morgan fingerprint density at radius 3 is 2.24 bits per heavy atom. The molecule has 1 atom stereocenters. The molecule has 0 saturated carbocycles. The van der Waals surface area contributed by atoms with Crippen molar-refractivity contribution < 1.29 is 4.79 Å². The van der Waals surface area contributed by atoms with Crippen molar-refractivity contribution in [2.24, 2.45) is 0 Å². The van der Waals surface area contributed by atoms with E-state index in [9.17, 15) is 4.79 Å². The van der Waals surface area contributed by atoms with Crippen LogP contribution in [0.1, 0.15) is 19.8 Å². The van der Waals surface area contributed by atoms with Gasteiger partial charge in [-0.1, -0.05) is 48.5 Å². The fourth-order valence-electron chi connectivity index (χ4n) is 3.76. The molecule has 1 heterocycles. The number of benzene rings is 3. The Kier molecular flexibility index (Phi) is 5.80. The number of hydrogen-bond donors (Lipinski definition) is 2. The molecule has 0 aromatic heterocycles. The first kappa shape index (κ1) is 19.1. The first-order valence-corrected chi connectivity index (χ1v) is 10.3. The van der Waals surface area contributed by atoms with Gasteiger partial charge < -0.3 is 15.5 Å². The quantitative estimate of drug-likeness (QED) is 0.598. The summed E-state index contributed by atoms with van der Waals surface area (Å²) in [5, 5.41) is 6.38. The van der Waals surface area contributed by atoms with Gasteiger partial charge in [0.05, 0.1) is 0 Å². The highest BCUT2D eigenvalue weighted by Crippen LogP contribution is 2.28.